The Balaban J connectivity index is 1.94. The van der Waals surface area contributed by atoms with Crippen LogP contribution in [0.15, 0.2) is 47.1 Å². The van der Waals surface area contributed by atoms with E-state index in [4.69, 9.17) is 4.74 Å². The number of hydrogen-bond acceptors (Lipinski definition) is 5. The molecule has 7 heteroatoms. The van der Waals surface area contributed by atoms with E-state index in [1.54, 1.807) is 30.3 Å². The fourth-order valence-electron chi connectivity index (χ4n) is 1.67. The zero-order valence-electron chi connectivity index (χ0n) is 10.9. The standard InChI is InChI=1S/C14H11BrN2O4/c15-11-5-3-10(4-6-11)12(18)7-9-21-13-2-1-8-16-14(13)17(19)20/h1-6,8H,7,9H2. The summed E-state index contributed by atoms with van der Waals surface area (Å²) in [6.07, 6.45) is 1.45. The summed E-state index contributed by atoms with van der Waals surface area (Å²) in [6.45, 7) is 0.0570. The Bertz CT molecular complexity index is 658. The Kier molecular flexibility index (Phi) is 4.99. The van der Waals surface area contributed by atoms with Crippen LogP contribution in [0.2, 0.25) is 0 Å². The number of carbonyl (C=O) groups is 1. The van der Waals surface area contributed by atoms with Crippen LogP contribution in [0.25, 0.3) is 0 Å². The Hall–Kier alpha value is -2.28. The molecule has 1 heterocycles. The monoisotopic (exact) mass is 350 g/mol. The fraction of sp³-hybridized carbons (Fsp3) is 0.143. The van der Waals surface area contributed by atoms with Crippen molar-refractivity contribution in [3.63, 3.8) is 0 Å². The van der Waals surface area contributed by atoms with Gasteiger partial charge in [0.15, 0.2) is 5.78 Å². The first-order valence-corrected chi connectivity index (χ1v) is 6.88. The normalized spacial score (nSPS) is 10.1. The van der Waals surface area contributed by atoms with Crippen molar-refractivity contribution < 1.29 is 14.5 Å². The molecule has 0 amide bonds. The number of benzene rings is 1. The minimum absolute atomic E-state index is 0.0570. The number of hydrogen-bond donors (Lipinski definition) is 0. The summed E-state index contributed by atoms with van der Waals surface area (Å²) in [5, 5.41) is 10.8. The highest BCUT2D eigenvalue weighted by atomic mass is 79.9. The maximum absolute atomic E-state index is 11.9. The Morgan fingerprint density at radius 1 is 1.29 bits per heavy atom. The predicted octanol–water partition coefficient (Wildman–Crippen LogP) is 3.40. The lowest BCUT2D eigenvalue weighted by atomic mass is 10.1. The van der Waals surface area contributed by atoms with Gasteiger partial charge in [0.1, 0.15) is 6.20 Å². The van der Waals surface area contributed by atoms with Crippen LogP contribution in [0.1, 0.15) is 16.8 Å². The van der Waals surface area contributed by atoms with Gasteiger partial charge in [-0.3, -0.25) is 4.79 Å². The molecule has 0 radical (unpaired) electrons. The number of nitro groups is 1. The molecule has 0 saturated heterocycles. The lowest BCUT2D eigenvalue weighted by Crippen LogP contribution is -2.08. The van der Waals surface area contributed by atoms with Gasteiger partial charge >= 0.3 is 5.82 Å². The van der Waals surface area contributed by atoms with Crippen LogP contribution < -0.4 is 4.74 Å². The molecule has 1 aromatic heterocycles. The van der Waals surface area contributed by atoms with Gasteiger partial charge in [-0.05, 0) is 34.2 Å². The molecule has 0 aliphatic carbocycles. The van der Waals surface area contributed by atoms with Crippen molar-refractivity contribution >= 4 is 27.5 Å². The average molecular weight is 351 g/mol. The molecule has 0 spiro atoms. The number of halogens is 1. The molecule has 1 aromatic carbocycles. The van der Waals surface area contributed by atoms with Crippen LogP contribution >= 0.6 is 15.9 Å². The Morgan fingerprint density at radius 3 is 2.67 bits per heavy atom. The van der Waals surface area contributed by atoms with Crippen molar-refractivity contribution in [1.82, 2.24) is 4.98 Å². The summed E-state index contributed by atoms with van der Waals surface area (Å²) in [6, 6.07) is 9.96. The van der Waals surface area contributed by atoms with Gasteiger partial charge in [-0.25, -0.2) is 0 Å². The van der Waals surface area contributed by atoms with E-state index in [0.717, 1.165) is 4.47 Å². The second-order valence-corrected chi connectivity index (χ2v) is 5.03. The first-order valence-electron chi connectivity index (χ1n) is 6.09. The van der Waals surface area contributed by atoms with Crippen LogP contribution in [-0.2, 0) is 0 Å². The highest BCUT2D eigenvalue weighted by Crippen LogP contribution is 2.23. The van der Waals surface area contributed by atoms with E-state index in [1.165, 1.54) is 12.3 Å². The van der Waals surface area contributed by atoms with E-state index < -0.39 is 4.92 Å². The molecular formula is C14H11BrN2O4. The summed E-state index contributed by atoms with van der Waals surface area (Å²) in [4.78, 5) is 25.7. The molecule has 0 unspecified atom stereocenters. The molecule has 0 fully saturated rings. The number of pyridine rings is 1. The maximum atomic E-state index is 11.9. The number of nitrogens with zero attached hydrogens (tertiary/aromatic N) is 2. The SMILES string of the molecule is O=C(CCOc1cccnc1[N+](=O)[O-])c1ccc(Br)cc1. The number of Topliss-reactive ketones (excluding diaryl/α,β-unsaturated/α-hetero) is 1. The predicted molar refractivity (Wildman–Crippen MR) is 79.5 cm³/mol. The molecule has 2 rings (SSSR count). The molecule has 6 nitrogen and oxygen atoms in total. The quantitative estimate of drug-likeness (QED) is 0.453. The van der Waals surface area contributed by atoms with E-state index in [9.17, 15) is 14.9 Å². The van der Waals surface area contributed by atoms with Gasteiger partial charge < -0.3 is 14.9 Å². The Morgan fingerprint density at radius 2 is 2.00 bits per heavy atom. The van der Waals surface area contributed by atoms with Gasteiger partial charge in [0.25, 0.3) is 0 Å². The van der Waals surface area contributed by atoms with Gasteiger partial charge in [-0.1, -0.05) is 28.1 Å². The van der Waals surface area contributed by atoms with Crippen molar-refractivity contribution in [3.8, 4) is 5.75 Å². The van der Waals surface area contributed by atoms with Gasteiger partial charge in [-0.15, -0.1) is 0 Å². The van der Waals surface area contributed by atoms with Crippen LogP contribution in [0.5, 0.6) is 5.75 Å². The number of carbonyl (C=O) groups excluding carboxylic acids is 1. The lowest BCUT2D eigenvalue weighted by Gasteiger charge is -2.05. The van der Waals surface area contributed by atoms with Crippen molar-refractivity contribution in [2.75, 3.05) is 6.61 Å². The first kappa shape index (κ1) is 15.1. The number of aromatic nitrogens is 1. The van der Waals surface area contributed by atoms with Crippen molar-refractivity contribution in [1.29, 1.82) is 0 Å². The van der Waals surface area contributed by atoms with E-state index >= 15 is 0 Å². The zero-order chi connectivity index (χ0) is 15.2. The average Bonchev–Trinajstić information content (AvgIpc) is 2.48. The third-order valence-electron chi connectivity index (χ3n) is 2.68. The molecule has 0 saturated carbocycles. The van der Waals surface area contributed by atoms with Crippen LogP contribution in [0.4, 0.5) is 5.82 Å². The number of ketones is 1. The number of rotatable bonds is 6. The van der Waals surface area contributed by atoms with E-state index in [0.29, 0.717) is 5.56 Å². The molecule has 0 aliphatic rings. The highest BCUT2D eigenvalue weighted by molar-refractivity contribution is 9.10. The lowest BCUT2D eigenvalue weighted by molar-refractivity contribution is -0.390. The largest absolute Gasteiger partial charge is 0.485 e. The number of ether oxygens (including phenoxy) is 1. The van der Waals surface area contributed by atoms with Crippen molar-refractivity contribution in [3.05, 3.63) is 62.7 Å². The smallest absolute Gasteiger partial charge is 0.406 e. The fourth-order valence-corrected chi connectivity index (χ4v) is 1.93. The van der Waals surface area contributed by atoms with E-state index in [2.05, 4.69) is 20.9 Å². The molecule has 0 aliphatic heterocycles. The van der Waals surface area contributed by atoms with Gasteiger partial charge in [-0.2, -0.15) is 0 Å². The van der Waals surface area contributed by atoms with Crippen molar-refractivity contribution in [2.24, 2.45) is 0 Å². The Labute approximate surface area is 129 Å². The molecular weight excluding hydrogens is 340 g/mol. The molecule has 2 aromatic rings. The zero-order valence-corrected chi connectivity index (χ0v) is 12.4. The molecule has 0 bridgehead atoms. The van der Waals surface area contributed by atoms with E-state index in [-0.39, 0.29) is 30.4 Å². The summed E-state index contributed by atoms with van der Waals surface area (Å²) in [7, 11) is 0. The third kappa shape index (κ3) is 4.09. The second-order valence-electron chi connectivity index (χ2n) is 4.11. The third-order valence-corrected chi connectivity index (χ3v) is 3.21. The summed E-state index contributed by atoms with van der Waals surface area (Å²) in [5.74, 6) is -0.381. The van der Waals surface area contributed by atoms with E-state index in [1.807, 2.05) is 0 Å². The molecule has 0 N–H and O–H groups in total. The molecule has 108 valence electrons. The summed E-state index contributed by atoms with van der Waals surface area (Å²) >= 11 is 3.29. The van der Waals surface area contributed by atoms with Crippen LogP contribution in [-0.4, -0.2) is 22.3 Å². The van der Waals surface area contributed by atoms with Gasteiger partial charge in [0.05, 0.1) is 6.61 Å². The van der Waals surface area contributed by atoms with Crippen LogP contribution in [0.3, 0.4) is 0 Å². The minimum Gasteiger partial charge on any atom is -0.485 e. The first-order chi connectivity index (χ1) is 10.1. The minimum atomic E-state index is -0.619. The summed E-state index contributed by atoms with van der Waals surface area (Å²) < 4.78 is 6.17. The molecule has 0 atom stereocenters. The topological polar surface area (TPSA) is 82.3 Å². The van der Waals surface area contributed by atoms with Crippen molar-refractivity contribution in [2.45, 2.75) is 6.42 Å². The van der Waals surface area contributed by atoms with Crippen LogP contribution in [0, 0.1) is 10.1 Å². The molecule has 21 heavy (non-hydrogen) atoms. The highest BCUT2D eigenvalue weighted by Gasteiger charge is 2.16. The second kappa shape index (κ2) is 6.94. The van der Waals surface area contributed by atoms with Gasteiger partial charge in [0, 0.05) is 16.5 Å². The maximum Gasteiger partial charge on any atom is 0.406 e. The summed E-state index contributed by atoms with van der Waals surface area (Å²) in [5.41, 5.74) is 0.572. The van der Waals surface area contributed by atoms with Gasteiger partial charge in [0.2, 0.25) is 5.75 Å².